The second-order valence-corrected chi connectivity index (χ2v) is 11.7. The van der Waals surface area contributed by atoms with Crippen LogP contribution in [0.4, 0.5) is 0 Å². The minimum atomic E-state index is -0.513. The van der Waals surface area contributed by atoms with Gasteiger partial charge in [-0.15, -0.1) is 0 Å². The maximum Gasteiger partial charge on any atom is 0.162 e. The van der Waals surface area contributed by atoms with Gasteiger partial charge in [0, 0.05) is 58.9 Å². The van der Waals surface area contributed by atoms with E-state index in [1.807, 2.05) is 20.0 Å². The van der Waals surface area contributed by atoms with Gasteiger partial charge in [-0.05, 0) is 42.7 Å². The molecule has 0 atom stereocenters. The lowest BCUT2D eigenvalue weighted by atomic mass is 9.63. The Kier molecular flexibility index (Phi) is 5.78. The number of halogens is 2. The SMILES string of the molecule is CCOc1c(Cl)cc(Cl)cc1C1C2=C(CC(C)(C)CC2=O)N(C)C2=C1C(=O)CC(C)(C)C2. The molecule has 3 aliphatic rings. The monoisotopic (exact) mass is 475 g/mol. The normalized spacial score (nSPS) is 22.8. The molecular weight excluding hydrogens is 445 g/mol. The zero-order valence-electron chi connectivity index (χ0n) is 19.7. The fraction of sp³-hybridized carbons (Fsp3) is 0.538. The second kappa shape index (κ2) is 7.92. The van der Waals surface area contributed by atoms with Gasteiger partial charge in [0.1, 0.15) is 5.75 Å². The van der Waals surface area contributed by atoms with E-state index in [1.165, 1.54) is 0 Å². The first kappa shape index (κ1) is 23.4. The first-order chi connectivity index (χ1) is 14.8. The third-order valence-electron chi connectivity index (χ3n) is 6.82. The molecule has 2 aliphatic carbocycles. The van der Waals surface area contributed by atoms with Crippen LogP contribution in [-0.2, 0) is 9.59 Å². The van der Waals surface area contributed by atoms with Crippen LogP contribution in [0.5, 0.6) is 5.75 Å². The number of rotatable bonds is 3. The van der Waals surface area contributed by atoms with Crippen LogP contribution in [0, 0.1) is 10.8 Å². The molecular formula is C26H31Cl2NO3. The topological polar surface area (TPSA) is 46.6 Å². The Bertz CT molecular complexity index is 1030. The minimum absolute atomic E-state index is 0.0795. The number of allylic oxidation sites excluding steroid dienone is 4. The number of carbonyl (C=O) groups excluding carboxylic acids is 2. The van der Waals surface area contributed by atoms with Crippen molar-refractivity contribution in [3.05, 3.63) is 50.3 Å². The Morgan fingerprint density at radius 3 is 1.91 bits per heavy atom. The second-order valence-electron chi connectivity index (χ2n) is 10.8. The van der Waals surface area contributed by atoms with E-state index in [9.17, 15) is 9.59 Å². The first-order valence-electron chi connectivity index (χ1n) is 11.2. The van der Waals surface area contributed by atoms with E-state index in [0.717, 1.165) is 24.2 Å². The highest BCUT2D eigenvalue weighted by Crippen LogP contribution is 2.55. The number of ether oxygens (including phenoxy) is 1. The molecule has 1 aromatic carbocycles. The number of carbonyl (C=O) groups is 2. The zero-order valence-corrected chi connectivity index (χ0v) is 21.2. The van der Waals surface area contributed by atoms with Crippen molar-refractivity contribution >= 4 is 34.8 Å². The molecule has 4 nitrogen and oxygen atoms in total. The maximum atomic E-state index is 13.6. The van der Waals surface area contributed by atoms with Crippen molar-refractivity contribution in [3.8, 4) is 5.75 Å². The Morgan fingerprint density at radius 2 is 1.44 bits per heavy atom. The van der Waals surface area contributed by atoms with Crippen molar-refractivity contribution in [1.82, 2.24) is 4.90 Å². The highest BCUT2D eigenvalue weighted by molar-refractivity contribution is 6.35. The largest absolute Gasteiger partial charge is 0.492 e. The number of nitrogens with zero attached hydrogens (tertiary/aromatic N) is 1. The standard InChI is InChI=1S/C26H31Cl2NO3/c1-7-32-24-15(8-14(27)9-16(24)28)21-22-17(10-25(2,3)12-19(22)30)29(6)18-11-26(4,5)13-20(31)23(18)21/h8-9,21H,7,10-13H2,1-6H3. The molecule has 1 aliphatic heterocycles. The molecule has 0 amide bonds. The summed E-state index contributed by atoms with van der Waals surface area (Å²) in [6.45, 7) is 10.8. The van der Waals surface area contributed by atoms with E-state index in [2.05, 4.69) is 32.6 Å². The summed E-state index contributed by atoms with van der Waals surface area (Å²) in [5.41, 5.74) is 3.80. The maximum absolute atomic E-state index is 13.6. The molecule has 4 rings (SSSR count). The van der Waals surface area contributed by atoms with Crippen molar-refractivity contribution in [2.75, 3.05) is 13.7 Å². The van der Waals surface area contributed by atoms with Gasteiger partial charge >= 0.3 is 0 Å². The smallest absolute Gasteiger partial charge is 0.162 e. The summed E-state index contributed by atoms with van der Waals surface area (Å²) in [5, 5.41) is 0.855. The summed E-state index contributed by atoms with van der Waals surface area (Å²) in [6.07, 6.45) is 2.42. The van der Waals surface area contributed by atoms with E-state index in [-0.39, 0.29) is 22.4 Å². The molecule has 0 fully saturated rings. The van der Waals surface area contributed by atoms with Crippen LogP contribution >= 0.6 is 23.2 Å². The molecule has 0 aromatic heterocycles. The van der Waals surface area contributed by atoms with E-state index in [4.69, 9.17) is 27.9 Å². The predicted molar refractivity (Wildman–Crippen MR) is 128 cm³/mol. The van der Waals surface area contributed by atoms with Crippen LogP contribution in [0.3, 0.4) is 0 Å². The fourth-order valence-electron chi connectivity index (χ4n) is 5.57. The molecule has 0 bridgehead atoms. The van der Waals surface area contributed by atoms with Gasteiger partial charge < -0.3 is 9.64 Å². The molecule has 1 heterocycles. The summed E-state index contributed by atoms with van der Waals surface area (Å²) in [6, 6.07) is 3.46. The molecule has 1 aromatic rings. The number of hydrogen-bond acceptors (Lipinski definition) is 4. The molecule has 0 saturated carbocycles. The summed E-state index contributed by atoms with van der Waals surface area (Å²) in [7, 11) is 2.00. The van der Waals surface area contributed by atoms with Crippen molar-refractivity contribution in [3.63, 3.8) is 0 Å². The molecule has 32 heavy (non-hydrogen) atoms. The van der Waals surface area contributed by atoms with E-state index >= 15 is 0 Å². The zero-order chi connectivity index (χ0) is 23.6. The molecule has 0 unspecified atom stereocenters. The van der Waals surface area contributed by atoms with E-state index in [0.29, 0.717) is 52.0 Å². The summed E-state index contributed by atoms with van der Waals surface area (Å²) < 4.78 is 5.94. The van der Waals surface area contributed by atoms with Crippen LogP contribution in [0.15, 0.2) is 34.7 Å². The average Bonchev–Trinajstić information content (AvgIpc) is 2.64. The third-order valence-corrected chi connectivity index (χ3v) is 7.32. The molecule has 0 N–H and O–H groups in total. The van der Waals surface area contributed by atoms with Gasteiger partial charge in [0.25, 0.3) is 0 Å². The number of benzene rings is 1. The quantitative estimate of drug-likeness (QED) is 0.487. The average molecular weight is 476 g/mol. The molecule has 0 spiro atoms. The van der Waals surface area contributed by atoms with Crippen LogP contribution in [0.2, 0.25) is 10.0 Å². The van der Waals surface area contributed by atoms with Gasteiger partial charge in [0.2, 0.25) is 0 Å². The third kappa shape index (κ3) is 3.90. The van der Waals surface area contributed by atoms with Crippen LogP contribution < -0.4 is 4.74 Å². The highest BCUT2D eigenvalue weighted by Gasteiger charge is 2.49. The van der Waals surface area contributed by atoms with Crippen molar-refractivity contribution in [2.24, 2.45) is 10.8 Å². The highest BCUT2D eigenvalue weighted by atomic mass is 35.5. The molecule has 0 saturated heterocycles. The Balaban J connectivity index is 2.04. The Labute approximate surface area is 200 Å². The summed E-state index contributed by atoms with van der Waals surface area (Å²) in [4.78, 5) is 29.3. The fourth-order valence-corrected chi connectivity index (χ4v) is 6.13. The van der Waals surface area contributed by atoms with Gasteiger partial charge in [-0.3, -0.25) is 9.59 Å². The number of hydrogen-bond donors (Lipinski definition) is 0. The Morgan fingerprint density at radius 1 is 0.938 bits per heavy atom. The summed E-state index contributed by atoms with van der Waals surface area (Å²) >= 11 is 13.0. The first-order valence-corrected chi connectivity index (χ1v) is 12.0. The van der Waals surface area contributed by atoms with Gasteiger partial charge in [-0.1, -0.05) is 50.9 Å². The lowest BCUT2D eigenvalue weighted by Gasteiger charge is -2.48. The summed E-state index contributed by atoms with van der Waals surface area (Å²) in [5.74, 6) is 0.148. The lowest BCUT2D eigenvalue weighted by Crippen LogP contribution is -2.43. The van der Waals surface area contributed by atoms with Crippen molar-refractivity contribution < 1.29 is 14.3 Å². The minimum Gasteiger partial charge on any atom is -0.492 e. The molecule has 6 heteroatoms. The Hall–Kier alpha value is -1.78. The number of ketones is 2. The van der Waals surface area contributed by atoms with Crippen molar-refractivity contribution in [1.29, 1.82) is 0 Å². The van der Waals surface area contributed by atoms with Crippen LogP contribution in [0.25, 0.3) is 0 Å². The van der Waals surface area contributed by atoms with Gasteiger partial charge in [0.15, 0.2) is 11.6 Å². The lowest BCUT2D eigenvalue weighted by molar-refractivity contribution is -0.119. The predicted octanol–water partition coefficient (Wildman–Crippen LogP) is 6.71. The molecule has 0 radical (unpaired) electrons. The van der Waals surface area contributed by atoms with Gasteiger partial charge in [-0.2, -0.15) is 0 Å². The molecule has 172 valence electrons. The van der Waals surface area contributed by atoms with Gasteiger partial charge in [0.05, 0.1) is 11.6 Å². The van der Waals surface area contributed by atoms with Crippen LogP contribution in [-0.4, -0.2) is 30.1 Å². The number of Topliss-reactive ketones (excluding diaryl/α,β-unsaturated/α-hetero) is 2. The van der Waals surface area contributed by atoms with E-state index < -0.39 is 5.92 Å². The van der Waals surface area contributed by atoms with Crippen molar-refractivity contribution in [2.45, 2.75) is 66.2 Å². The van der Waals surface area contributed by atoms with E-state index in [1.54, 1.807) is 6.07 Å². The van der Waals surface area contributed by atoms with Crippen LogP contribution in [0.1, 0.15) is 71.8 Å². The van der Waals surface area contributed by atoms with Gasteiger partial charge in [-0.25, -0.2) is 0 Å².